The average molecular weight is 221 g/mol. The minimum Gasteiger partial charge on any atom is -0.330 e. The molecule has 0 aromatic heterocycles. The number of halogens is 1. The van der Waals surface area contributed by atoms with E-state index in [2.05, 4.69) is 0 Å². The van der Waals surface area contributed by atoms with Crippen LogP contribution in [-0.4, -0.2) is 12.3 Å². The van der Waals surface area contributed by atoms with Gasteiger partial charge in [0.25, 0.3) is 0 Å². The third-order valence-corrected chi connectivity index (χ3v) is 3.56. The van der Waals surface area contributed by atoms with Crippen molar-refractivity contribution in [1.29, 1.82) is 0 Å². The topological polar surface area (TPSA) is 43.1 Å². The summed E-state index contributed by atoms with van der Waals surface area (Å²) >= 11 is 0. The molecule has 0 unspecified atom stereocenters. The molecule has 2 nitrogen and oxygen atoms in total. The number of ketones is 1. The minimum atomic E-state index is -0.431. The van der Waals surface area contributed by atoms with E-state index < -0.39 is 5.82 Å². The largest absolute Gasteiger partial charge is 0.330 e. The zero-order valence-electron chi connectivity index (χ0n) is 9.21. The lowest BCUT2D eigenvalue weighted by Gasteiger charge is -2.40. The molecule has 0 atom stereocenters. The standard InChI is InChI=1S/C13H16FNO/c14-11-5-2-1-4-10(11)12(16)8-13(9-15)6-3-7-13/h1-2,4-5H,3,6-9,15H2. The molecule has 1 saturated carbocycles. The molecular weight excluding hydrogens is 205 g/mol. The van der Waals surface area contributed by atoms with Crippen LogP contribution in [0.1, 0.15) is 36.0 Å². The Bertz CT molecular complexity index is 393. The molecule has 1 aliphatic rings. The Kier molecular flexibility index (Phi) is 3.06. The van der Waals surface area contributed by atoms with E-state index in [4.69, 9.17) is 5.73 Å². The van der Waals surface area contributed by atoms with Crippen LogP contribution < -0.4 is 5.73 Å². The average Bonchev–Trinajstić information content (AvgIpc) is 2.24. The van der Waals surface area contributed by atoms with Gasteiger partial charge in [-0.1, -0.05) is 18.6 Å². The first kappa shape index (κ1) is 11.3. The zero-order chi connectivity index (χ0) is 11.6. The molecule has 1 aromatic carbocycles. The van der Waals surface area contributed by atoms with Crippen molar-refractivity contribution in [3.05, 3.63) is 35.6 Å². The molecular formula is C13H16FNO. The van der Waals surface area contributed by atoms with Gasteiger partial charge < -0.3 is 5.73 Å². The fourth-order valence-corrected chi connectivity index (χ4v) is 2.25. The Morgan fingerprint density at radius 3 is 2.56 bits per heavy atom. The van der Waals surface area contributed by atoms with E-state index in [9.17, 15) is 9.18 Å². The molecule has 0 amide bonds. The van der Waals surface area contributed by atoms with Gasteiger partial charge in [-0.15, -0.1) is 0 Å². The summed E-state index contributed by atoms with van der Waals surface area (Å²) in [6, 6.07) is 6.14. The van der Waals surface area contributed by atoms with Gasteiger partial charge >= 0.3 is 0 Å². The van der Waals surface area contributed by atoms with Crippen LogP contribution in [0.15, 0.2) is 24.3 Å². The van der Waals surface area contributed by atoms with Crippen LogP contribution in [0, 0.1) is 11.2 Å². The molecule has 2 rings (SSSR count). The Balaban J connectivity index is 2.11. The summed E-state index contributed by atoms with van der Waals surface area (Å²) in [5.41, 5.74) is 5.83. The van der Waals surface area contributed by atoms with Gasteiger partial charge in [0, 0.05) is 6.42 Å². The van der Waals surface area contributed by atoms with Crippen LogP contribution >= 0.6 is 0 Å². The van der Waals surface area contributed by atoms with Gasteiger partial charge in [0.2, 0.25) is 0 Å². The zero-order valence-corrected chi connectivity index (χ0v) is 9.21. The SMILES string of the molecule is NCC1(CC(=O)c2ccccc2F)CCC1. The second-order valence-electron chi connectivity index (χ2n) is 4.64. The van der Waals surface area contributed by atoms with Gasteiger partial charge in [0.1, 0.15) is 5.82 Å². The van der Waals surface area contributed by atoms with Crippen LogP contribution in [0.25, 0.3) is 0 Å². The molecule has 3 heteroatoms. The van der Waals surface area contributed by atoms with Gasteiger partial charge in [-0.25, -0.2) is 4.39 Å². The minimum absolute atomic E-state index is 0.0562. The smallest absolute Gasteiger partial charge is 0.166 e. The van der Waals surface area contributed by atoms with Gasteiger partial charge in [0.15, 0.2) is 5.78 Å². The lowest BCUT2D eigenvalue weighted by Crippen LogP contribution is -2.39. The lowest BCUT2D eigenvalue weighted by molar-refractivity contribution is 0.0782. The molecule has 1 aliphatic carbocycles. The van der Waals surface area contributed by atoms with Crippen LogP contribution in [0.2, 0.25) is 0 Å². The molecule has 0 spiro atoms. The quantitative estimate of drug-likeness (QED) is 0.794. The third-order valence-electron chi connectivity index (χ3n) is 3.56. The van der Waals surface area contributed by atoms with Crippen molar-refractivity contribution in [2.75, 3.05) is 6.54 Å². The summed E-state index contributed by atoms with van der Waals surface area (Å²) in [5.74, 6) is -0.553. The number of hydrogen-bond acceptors (Lipinski definition) is 2. The molecule has 0 heterocycles. The fraction of sp³-hybridized carbons (Fsp3) is 0.462. The van der Waals surface area contributed by atoms with Gasteiger partial charge in [-0.3, -0.25) is 4.79 Å². The highest BCUT2D eigenvalue weighted by Crippen LogP contribution is 2.43. The summed E-state index contributed by atoms with van der Waals surface area (Å²) in [5, 5.41) is 0. The van der Waals surface area contributed by atoms with Crippen LogP contribution in [0.5, 0.6) is 0 Å². The number of Topliss-reactive ketones (excluding diaryl/α,β-unsaturated/α-hetero) is 1. The van der Waals surface area contributed by atoms with Crippen molar-refractivity contribution in [3.63, 3.8) is 0 Å². The van der Waals surface area contributed by atoms with Crippen molar-refractivity contribution >= 4 is 5.78 Å². The van der Waals surface area contributed by atoms with Crippen molar-refractivity contribution in [1.82, 2.24) is 0 Å². The van der Waals surface area contributed by atoms with Crippen molar-refractivity contribution in [3.8, 4) is 0 Å². The second-order valence-corrected chi connectivity index (χ2v) is 4.64. The number of hydrogen-bond donors (Lipinski definition) is 1. The molecule has 2 N–H and O–H groups in total. The first-order chi connectivity index (χ1) is 7.67. The highest BCUT2D eigenvalue weighted by molar-refractivity contribution is 5.96. The van der Waals surface area contributed by atoms with Crippen LogP contribution in [0.4, 0.5) is 4.39 Å². The van der Waals surface area contributed by atoms with E-state index in [1.165, 1.54) is 6.07 Å². The molecule has 0 saturated heterocycles. The normalized spacial score (nSPS) is 17.9. The van der Waals surface area contributed by atoms with E-state index in [1.807, 2.05) is 0 Å². The number of nitrogens with two attached hydrogens (primary N) is 1. The van der Waals surface area contributed by atoms with E-state index in [0.717, 1.165) is 19.3 Å². The maximum atomic E-state index is 13.4. The van der Waals surface area contributed by atoms with Crippen molar-refractivity contribution in [2.24, 2.45) is 11.1 Å². The fourth-order valence-electron chi connectivity index (χ4n) is 2.25. The summed E-state index contributed by atoms with van der Waals surface area (Å²) in [4.78, 5) is 11.9. The van der Waals surface area contributed by atoms with Crippen molar-refractivity contribution < 1.29 is 9.18 Å². The molecule has 86 valence electrons. The van der Waals surface area contributed by atoms with E-state index in [0.29, 0.717) is 13.0 Å². The Morgan fingerprint density at radius 2 is 2.06 bits per heavy atom. The molecule has 1 aromatic rings. The molecule has 16 heavy (non-hydrogen) atoms. The highest BCUT2D eigenvalue weighted by atomic mass is 19.1. The third kappa shape index (κ3) is 2.00. The monoisotopic (exact) mass is 221 g/mol. The van der Waals surface area contributed by atoms with Gasteiger partial charge in [-0.2, -0.15) is 0 Å². The molecule has 0 aliphatic heterocycles. The van der Waals surface area contributed by atoms with Crippen LogP contribution in [-0.2, 0) is 0 Å². The van der Waals surface area contributed by atoms with Crippen molar-refractivity contribution in [2.45, 2.75) is 25.7 Å². The van der Waals surface area contributed by atoms with Gasteiger partial charge in [-0.05, 0) is 36.9 Å². The van der Waals surface area contributed by atoms with E-state index >= 15 is 0 Å². The Hall–Kier alpha value is -1.22. The second kappa shape index (κ2) is 4.34. The predicted octanol–water partition coefficient (Wildman–Crippen LogP) is 2.53. The van der Waals surface area contributed by atoms with E-state index in [-0.39, 0.29) is 16.8 Å². The predicted molar refractivity (Wildman–Crippen MR) is 60.7 cm³/mol. The van der Waals surface area contributed by atoms with Crippen LogP contribution in [0.3, 0.4) is 0 Å². The highest BCUT2D eigenvalue weighted by Gasteiger charge is 2.37. The lowest BCUT2D eigenvalue weighted by atomic mass is 9.65. The number of benzene rings is 1. The molecule has 0 bridgehead atoms. The van der Waals surface area contributed by atoms with Gasteiger partial charge in [0.05, 0.1) is 5.56 Å². The summed E-state index contributed by atoms with van der Waals surface area (Å²) in [7, 11) is 0. The number of carbonyl (C=O) groups excluding carboxylic acids is 1. The first-order valence-corrected chi connectivity index (χ1v) is 5.65. The summed E-state index contributed by atoms with van der Waals surface area (Å²) in [6.45, 7) is 0.521. The maximum Gasteiger partial charge on any atom is 0.166 e. The Morgan fingerprint density at radius 1 is 1.38 bits per heavy atom. The van der Waals surface area contributed by atoms with E-state index in [1.54, 1.807) is 18.2 Å². The number of carbonyl (C=O) groups is 1. The summed E-state index contributed by atoms with van der Waals surface area (Å²) < 4.78 is 13.4. The maximum absolute atomic E-state index is 13.4. The Labute approximate surface area is 94.6 Å². The first-order valence-electron chi connectivity index (χ1n) is 5.65. The summed E-state index contributed by atoms with van der Waals surface area (Å²) in [6.07, 6.45) is 3.49. The molecule has 0 radical (unpaired) electrons. The molecule has 1 fully saturated rings. The number of rotatable bonds is 4.